The minimum atomic E-state index is -0.789. The van der Waals surface area contributed by atoms with Gasteiger partial charge in [0.15, 0.2) is 5.69 Å². The van der Waals surface area contributed by atoms with Crippen LogP contribution in [0.2, 0.25) is 0 Å². The molecule has 164 valence electrons. The van der Waals surface area contributed by atoms with E-state index in [-0.39, 0.29) is 24.3 Å². The second kappa shape index (κ2) is 8.35. The zero-order valence-electron chi connectivity index (χ0n) is 17.8. The van der Waals surface area contributed by atoms with Gasteiger partial charge in [0.05, 0.1) is 11.9 Å². The predicted octanol–water partition coefficient (Wildman–Crippen LogP) is 2.50. The van der Waals surface area contributed by atoms with Gasteiger partial charge in [-0.05, 0) is 22.8 Å². The minimum absolute atomic E-state index is 0.131. The lowest BCUT2D eigenvalue weighted by molar-refractivity contribution is -0.122. The molecule has 1 aliphatic rings. The summed E-state index contributed by atoms with van der Waals surface area (Å²) in [6.07, 6.45) is 0.346. The fraction of sp³-hybridized carbons (Fsp3) is 0.154. The minimum Gasteiger partial charge on any atom is -0.368 e. The lowest BCUT2D eigenvalue weighted by Gasteiger charge is -2.35. The average Bonchev–Trinajstić information content (AvgIpc) is 2.85. The third-order valence-electron chi connectivity index (χ3n) is 6.08. The Labute approximate surface area is 190 Å². The third-order valence-corrected chi connectivity index (χ3v) is 6.08. The molecule has 2 amide bonds. The molecule has 4 aromatic rings. The van der Waals surface area contributed by atoms with Crippen LogP contribution in [0.25, 0.3) is 10.8 Å². The number of hydrogen-bond acceptors (Lipinski definition) is 4. The second-order valence-electron chi connectivity index (χ2n) is 8.17. The van der Waals surface area contributed by atoms with Crippen LogP contribution in [0.3, 0.4) is 0 Å². The highest BCUT2D eigenvalue weighted by Crippen LogP contribution is 2.26. The smallest absolute Gasteiger partial charge is 0.275 e. The van der Waals surface area contributed by atoms with E-state index < -0.39 is 17.9 Å². The lowest BCUT2D eigenvalue weighted by atomic mass is 9.93. The van der Waals surface area contributed by atoms with E-state index in [9.17, 15) is 14.4 Å². The monoisotopic (exact) mass is 438 g/mol. The number of aromatic nitrogens is 2. The maximum Gasteiger partial charge on any atom is 0.275 e. The van der Waals surface area contributed by atoms with E-state index >= 15 is 0 Å². The molecule has 0 aliphatic carbocycles. The van der Waals surface area contributed by atoms with Crippen molar-refractivity contribution in [3.63, 3.8) is 0 Å². The molecule has 7 heteroatoms. The number of primary amides is 1. The van der Waals surface area contributed by atoms with Crippen molar-refractivity contribution in [3.05, 3.63) is 112 Å². The van der Waals surface area contributed by atoms with Gasteiger partial charge >= 0.3 is 0 Å². The predicted molar refractivity (Wildman–Crippen MR) is 125 cm³/mol. The molecule has 5 rings (SSSR count). The Balaban J connectivity index is 1.63. The Hall–Kier alpha value is -4.26. The first kappa shape index (κ1) is 20.6. The molecule has 0 radical (unpaired) electrons. The van der Waals surface area contributed by atoms with E-state index in [4.69, 9.17) is 5.73 Å². The third kappa shape index (κ3) is 3.78. The molecule has 2 N–H and O–H groups in total. The van der Waals surface area contributed by atoms with Crippen molar-refractivity contribution in [2.24, 2.45) is 5.73 Å². The van der Waals surface area contributed by atoms with Crippen molar-refractivity contribution in [3.8, 4) is 0 Å². The summed E-state index contributed by atoms with van der Waals surface area (Å²) in [5, 5.41) is 5.34. The first-order chi connectivity index (χ1) is 16.0. The molecular formula is C26H22N4O3. The van der Waals surface area contributed by atoms with Crippen LogP contribution < -0.4 is 11.3 Å². The second-order valence-corrected chi connectivity index (χ2v) is 8.17. The summed E-state index contributed by atoms with van der Waals surface area (Å²) in [6.45, 7) is 0.475. The van der Waals surface area contributed by atoms with Gasteiger partial charge in [0.1, 0.15) is 6.04 Å². The van der Waals surface area contributed by atoms with Gasteiger partial charge < -0.3 is 10.6 Å². The topological polar surface area (TPSA) is 98.3 Å². The van der Waals surface area contributed by atoms with Crippen LogP contribution >= 0.6 is 0 Å². The summed E-state index contributed by atoms with van der Waals surface area (Å²) in [5.41, 5.74) is 8.40. The molecule has 3 aromatic carbocycles. The van der Waals surface area contributed by atoms with Gasteiger partial charge in [0.2, 0.25) is 5.91 Å². The van der Waals surface area contributed by atoms with Gasteiger partial charge in [-0.15, -0.1) is 0 Å². The zero-order chi connectivity index (χ0) is 22.9. The maximum absolute atomic E-state index is 13.8. The number of amides is 2. The van der Waals surface area contributed by atoms with E-state index in [2.05, 4.69) is 5.10 Å². The average molecular weight is 438 g/mol. The van der Waals surface area contributed by atoms with E-state index in [0.29, 0.717) is 17.2 Å². The molecule has 1 atom stereocenters. The zero-order valence-corrected chi connectivity index (χ0v) is 17.8. The number of rotatable bonds is 4. The Morgan fingerprint density at radius 2 is 1.52 bits per heavy atom. The van der Waals surface area contributed by atoms with Gasteiger partial charge in [-0.1, -0.05) is 72.8 Å². The van der Waals surface area contributed by atoms with Crippen molar-refractivity contribution in [1.29, 1.82) is 0 Å². The summed E-state index contributed by atoms with van der Waals surface area (Å²) in [5.74, 6) is -0.994. The van der Waals surface area contributed by atoms with Crippen molar-refractivity contribution >= 4 is 22.6 Å². The van der Waals surface area contributed by atoms with Crippen molar-refractivity contribution in [2.75, 3.05) is 0 Å². The number of carbonyl (C=O) groups is 2. The quantitative estimate of drug-likeness (QED) is 0.529. The van der Waals surface area contributed by atoms with E-state index in [1.54, 1.807) is 24.3 Å². The molecule has 0 spiro atoms. The number of nitrogens with two attached hydrogens (primary N) is 1. The first-order valence-electron chi connectivity index (χ1n) is 10.7. The number of fused-ring (bicyclic) bond motifs is 2. The van der Waals surface area contributed by atoms with E-state index in [1.807, 2.05) is 54.6 Å². The van der Waals surface area contributed by atoms with Crippen LogP contribution in [-0.2, 0) is 24.3 Å². The molecule has 33 heavy (non-hydrogen) atoms. The molecule has 0 saturated heterocycles. The van der Waals surface area contributed by atoms with E-state index in [1.165, 1.54) is 9.58 Å². The van der Waals surface area contributed by atoms with Crippen LogP contribution in [0.4, 0.5) is 0 Å². The normalized spacial score (nSPS) is 15.3. The SMILES string of the molecule is NC(=O)[C@H]1Cc2ccccc2CN1C(=O)c1nn(Cc2ccccc2)c(=O)c2ccccc12. The Morgan fingerprint density at radius 3 is 2.24 bits per heavy atom. The number of nitrogens with zero attached hydrogens (tertiary/aromatic N) is 3. The van der Waals surface area contributed by atoms with Crippen LogP contribution in [0, 0.1) is 0 Å². The van der Waals surface area contributed by atoms with Crippen molar-refractivity contribution in [1.82, 2.24) is 14.7 Å². The standard InChI is InChI=1S/C26H22N4O3/c27-24(31)22-14-18-10-4-5-11-19(18)16-29(22)26(33)23-20-12-6-7-13-21(20)25(32)30(28-23)15-17-8-2-1-3-9-17/h1-13,22H,14-16H2,(H2,27,31)/t22-/m1/s1. The van der Waals surface area contributed by atoms with E-state index in [0.717, 1.165) is 16.7 Å². The van der Waals surface area contributed by atoms with Crippen molar-refractivity contribution in [2.45, 2.75) is 25.6 Å². The number of benzene rings is 3. The Kier molecular flexibility index (Phi) is 5.22. The molecule has 1 aliphatic heterocycles. The van der Waals surface area contributed by atoms with Crippen LogP contribution in [0.15, 0.2) is 83.7 Å². The molecule has 7 nitrogen and oxygen atoms in total. The number of carbonyl (C=O) groups excluding carboxylic acids is 2. The summed E-state index contributed by atoms with van der Waals surface area (Å²) >= 11 is 0. The Morgan fingerprint density at radius 1 is 0.879 bits per heavy atom. The van der Waals surface area contributed by atoms with Crippen LogP contribution in [0.1, 0.15) is 27.2 Å². The van der Waals surface area contributed by atoms with Crippen molar-refractivity contribution < 1.29 is 9.59 Å². The van der Waals surface area contributed by atoms with Crippen LogP contribution in [-0.4, -0.2) is 32.5 Å². The molecule has 0 saturated carbocycles. The summed E-state index contributed by atoms with van der Waals surface area (Å²) < 4.78 is 1.31. The van der Waals surface area contributed by atoms with Gasteiger partial charge in [-0.3, -0.25) is 14.4 Å². The first-order valence-corrected chi connectivity index (χ1v) is 10.7. The Bertz CT molecular complexity index is 1430. The highest BCUT2D eigenvalue weighted by molar-refractivity contribution is 6.06. The molecule has 0 unspecified atom stereocenters. The molecule has 0 bridgehead atoms. The van der Waals surface area contributed by atoms with Gasteiger partial charge in [0, 0.05) is 18.4 Å². The summed E-state index contributed by atoms with van der Waals surface area (Å²) in [7, 11) is 0. The van der Waals surface area contributed by atoms with Crippen LogP contribution in [0.5, 0.6) is 0 Å². The number of hydrogen-bond donors (Lipinski definition) is 1. The lowest BCUT2D eigenvalue weighted by Crippen LogP contribution is -2.51. The van der Waals surface area contributed by atoms with Gasteiger partial charge in [-0.25, -0.2) is 4.68 Å². The largest absolute Gasteiger partial charge is 0.368 e. The van der Waals surface area contributed by atoms with Gasteiger partial charge in [-0.2, -0.15) is 5.10 Å². The molecular weight excluding hydrogens is 416 g/mol. The highest BCUT2D eigenvalue weighted by Gasteiger charge is 2.35. The fourth-order valence-corrected chi connectivity index (χ4v) is 4.38. The van der Waals surface area contributed by atoms with Gasteiger partial charge in [0.25, 0.3) is 11.5 Å². The maximum atomic E-state index is 13.8. The fourth-order valence-electron chi connectivity index (χ4n) is 4.38. The summed E-state index contributed by atoms with van der Waals surface area (Å²) in [4.78, 5) is 40.7. The molecule has 1 aromatic heterocycles. The summed E-state index contributed by atoms with van der Waals surface area (Å²) in [6, 6.07) is 23.3. The molecule has 2 heterocycles. The highest BCUT2D eigenvalue weighted by atomic mass is 16.2. The molecule has 0 fully saturated rings.